The molecule has 1 fully saturated rings. The molecule has 1 heterocycles. The maximum atomic E-state index is 12.9. The van der Waals surface area contributed by atoms with Gasteiger partial charge in [-0.3, -0.25) is 4.79 Å². The van der Waals surface area contributed by atoms with E-state index in [0.717, 1.165) is 23.2 Å². The highest BCUT2D eigenvalue weighted by molar-refractivity contribution is 5.91. The number of hydrogen-bond acceptors (Lipinski definition) is 4. The Labute approximate surface area is 212 Å². The van der Waals surface area contributed by atoms with Crippen molar-refractivity contribution in [1.82, 2.24) is 15.3 Å². The summed E-state index contributed by atoms with van der Waals surface area (Å²) in [4.78, 5) is 22.2. The van der Waals surface area contributed by atoms with Crippen LogP contribution < -0.4 is 5.32 Å². The molecule has 192 valence electrons. The monoisotopic (exact) mass is 479 g/mol. The maximum absolute atomic E-state index is 12.9. The van der Waals surface area contributed by atoms with E-state index in [4.69, 9.17) is 4.98 Å². The fourth-order valence-corrected chi connectivity index (χ4v) is 4.62. The van der Waals surface area contributed by atoms with Gasteiger partial charge in [-0.05, 0) is 65.8 Å². The third-order valence-electron chi connectivity index (χ3n) is 6.92. The number of rotatable bonds is 6. The minimum atomic E-state index is -0.998. The van der Waals surface area contributed by atoms with Gasteiger partial charge in [0.05, 0.1) is 11.3 Å². The average molecular weight is 480 g/mol. The molecule has 0 bridgehead atoms. The fraction of sp³-hybridized carbons (Fsp3) is 0.633. The number of nitrogens with zero attached hydrogens (tertiary/aromatic N) is 2. The summed E-state index contributed by atoms with van der Waals surface area (Å²) in [6.07, 6.45) is 9.16. The van der Waals surface area contributed by atoms with Gasteiger partial charge in [-0.25, -0.2) is 9.97 Å². The average Bonchev–Trinajstić information content (AvgIpc) is 2.76. The van der Waals surface area contributed by atoms with E-state index in [1.807, 2.05) is 6.20 Å². The van der Waals surface area contributed by atoms with Crippen LogP contribution >= 0.6 is 0 Å². The van der Waals surface area contributed by atoms with Crippen molar-refractivity contribution in [1.29, 1.82) is 0 Å². The van der Waals surface area contributed by atoms with Crippen LogP contribution in [0.25, 0.3) is 11.3 Å². The highest BCUT2D eigenvalue weighted by atomic mass is 16.3. The third kappa shape index (κ3) is 7.60. The normalized spacial score (nSPS) is 15.8. The summed E-state index contributed by atoms with van der Waals surface area (Å²) in [5.41, 5.74) is 4.51. The van der Waals surface area contributed by atoms with E-state index in [1.54, 1.807) is 13.8 Å². The van der Waals surface area contributed by atoms with Crippen LogP contribution in [-0.4, -0.2) is 33.1 Å². The molecule has 0 atom stereocenters. The quantitative estimate of drug-likeness (QED) is 0.505. The standard InChI is InChI=1S/C30H45N3O2/c1-28(2,3)23-15-21(16-24(17-23)29(4,5)6)25-22(14-20-12-10-9-11-13-20)18-31-26(33-25)27(34)32-19-30(7,8)35/h15-18,20,35H,9-14,19H2,1-8H3,(H,32,34). The van der Waals surface area contributed by atoms with E-state index in [-0.39, 0.29) is 29.1 Å². The Morgan fingerprint density at radius 1 is 0.943 bits per heavy atom. The SMILES string of the molecule is CC(C)(O)CNC(=O)c1ncc(CC2CCCCC2)c(-c2cc(C(C)(C)C)cc(C(C)(C)C)c2)n1. The minimum Gasteiger partial charge on any atom is -0.389 e. The predicted octanol–water partition coefficient (Wildman–Crippen LogP) is 6.36. The molecule has 0 unspecified atom stereocenters. The number of carbonyl (C=O) groups excluding carboxylic acids is 1. The lowest BCUT2D eigenvalue weighted by atomic mass is 9.78. The van der Waals surface area contributed by atoms with E-state index in [9.17, 15) is 9.90 Å². The van der Waals surface area contributed by atoms with E-state index in [1.165, 1.54) is 43.2 Å². The Morgan fingerprint density at radius 2 is 1.51 bits per heavy atom. The van der Waals surface area contributed by atoms with Gasteiger partial charge in [-0.15, -0.1) is 0 Å². The van der Waals surface area contributed by atoms with Crippen LogP contribution in [0, 0.1) is 5.92 Å². The van der Waals surface area contributed by atoms with Gasteiger partial charge in [-0.2, -0.15) is 0 Å². The third-order valence-corrected chi connectivity index (χ3v) is 6.92. The number of amides is 1. The summed E-state index contributed by atoms with van der Waals surface area (Å²) in [6.45, 7) is 16.9. The molecule has 5 heteroatoms. The summed E-state index contributed by atoms with van der Waals surface area (Å²) < 4.78 is 0. The summed E-state index contributed by atoms with van der Waals surface area (Å²) in [6, 6.07) is 6.78. The van der Waals surface area contributed by atoms with Gasteiger partial charge in [0.1, 0.15) is 0 Å². The van der Waals surface area contributed by atoms with Crippen molar-refractivity contribution in [3.05, 3.63) is 46.9 Å². The highest BCUT2D eigenvalue weighted by Gasteiger charge is 2.25. The second-order valence-corrected chi connectivity index (χ2v) is 13.1. The number of aromatic nitrogens is 2. The van der Waals surface area contributed by atoms with Gasteiger partial charge in [0.15, 0.2) is 0 Å². The zero-order valence-corrected chi connectivity index (χ0v) is 23.1. The summed E-state index contributed by atoms with van der Waals surface area (Å²) in [5, 5.41) is 12.8. The first-order valence-electron chi connectivity index (χ1n) is 13.2. The Bertz CT molecular complexity index is 1000. The Hall–Kier alpha value is -2.27. The zero-order valence-electron chi connectivity index (χ0n) is 23.1. The predicted molar refractivity (Wildman–Crippen MR) is 144 cm³/mol. The molecule has 5 nitrogen and oxygen atoms in total. The van der Waals surface area contributed by atoms with Gasteiger partial charge >= 0.3 is 0 Å². The first kappa shape index (κ1) is 27.3. The Kier molecular flexibility index (Phi) is 8.10. The second kappa shape index (κ2) is 10.4. The first-order chi connectivity index (χ1) is 16.1. The number of benzene rings is 1. The van der Waals surface area contributed by atoms with E-state index >= 15 is 0 Å². The lowest BCUT2D eigenvalue weighted by Crippen LogP contribution is -2.38. The molecule has 1 aromatic heterocycles. The van der Waals surface area contributed by atoms with E-state index in [2.05, 4.69) is 70.0 Å². The molecule has 1 amide bonds. The van der Waals surface area contributed by atoms with Crippen LogP contribution in [0.15, 0.2) is 24.4 Å². The van der Waals surface area contributed by atoms with Gasteiger partial charge < -0.3 is 10.4 Å². The fourth-order valence-electron chi connectivity index (χ4n) is 4.62. The van der Waals surface area contributed by atoms with Crippen molar-refractivity contribution >= 4 is 5.91 Å². The smallest absolute Gasteiger partial charge is 0.289 e. The minimum absolute atomic E-state index is 0.0144. The van der Waals surface area contributed by atoms with Crippen LogP contribution in [0.1, 0.15) is 115 Å². The molecule has 1 saturated carbocycles. The Morgan fingerprint density at radius 3 is 2.03 bits per heavy atom. The Balaban J connectivity index is 2.11. The first-order valence-corrected chi connectivity index (χ1v) is 13.2. The molecule has 1 aliphatic rings. The van der Waals surface area contributed by atoms with Crippen LogP contribution in [0.2, 0.25) is 0 Å². The molecule has 0 saturated heterocycles. The molecule has 35 heavy (non-hydrogen) atoms. The van der Waals surface area contributed by atoms with Crippen molar-refractivity contribution in [2.75, 3.05) is 6.54 Å². The molecule has 2 N–H and O–H groups in total. The van der Waals surface area contributed by atoms with Crippen molar-refractivity contribution < 1.29 is 9.90 Å². The largest absolute Gasteiger partial charge is 0.389 e. The number of nitrogens with one attached hydrogen (secondary N) is 1. The lowest BCUT2D eigenvalue weighted by molar-refractivity contribution is 0.0689. The zero-order chi connectivity index (χ0) is 26.0. The molecule has 1 aliphatic carbocycles. The molecule has 1 aromatic carbocycles. The maximum Gasteiger partial charge on any atom is 0.289 e. The van der Waals surface area contributed by atoms with Crippen molar-refractivity contribution in [3.63, 3.8) is 0 Å². The topological polar surface area (TPSA) is 75.1 Å². The van der Waals surface area contributed by atoms with Gasteiger partial charge in [-0.1, -0.05) is 79.7 Å². The highest BCUT2D eigenvalue weighted by Crippen LogP contribution is 2.36. The van der Waals surface area contributed by atoms with Gasteiger partial charge in [0.2, 0.25) is 5.82 Å². The van der Waals surface area contributed by atoms with Crippen LogP contribution in [0.3, 0.4) is 0 Å². The van der Waals surface area contributed by atoms with Crippen LogP contribution in [0.4, 0.5) is 0 Å². The molecule has 0 aliphatic heterocycles. The molecule has 0 radical (unpaired) electrons. The molecule has 2 aromatic rings. The van der Waals surface area contributed by atoms with Crippen molar-refractivity contribution in [2.45, 2.75) is 110 Å². The van der Waals surface area contributed by atoms with Gasteiger partial charge in [0.25, 0.3) is 5.91 Å². The molecule has 0 spiro atoms. The number of carbonyl (C=O) groups is 1. The summed E-state index contributed by atoms with van der Waals surface area (Å²) in [5.74, 6) is 0.421. The molecular weight excluding hydrogens is 434 g/mol. The number of aliphatic hydroxyl groups is 1. The number of hydrogen-bond donors (Lipinski definition) is 2. The lowest BCUT2D eigenvalue weighted by Gasteiger charge is -2.27. The van der Waals surface area contributed by atoms with Crippen LogP contribution in [0.5, 0.6) is 0 Å². The van der Waals surface area contributed by atoms with Crippen molar-refractivity contribution in [3.8, 4) is 11.3 Å². The van der Waals surface area contributed by atoms with Crippen molar-refractivity contribution in [2.24, 2.45) is 5.92 Å². The van der Waals surface area contributed by atoms with E-state index in [0.29, 0.717) is 5.92 Å². The van der Waals surface area contributed by atoms with Gasteiger partial charge in [0, 0.05) is 18.3 Å². The van der Waals surface area contributed by atoms with E-state index < -0.39 is 5.60 Å². The second-order valence-electron chi connectivity index (χ2n) is 13.1. The van der Waals surface area contributed by atoms with Crippen LogP contribution in [-0.2, 0) is 17.3 Å². The summed E-state index contributed by atoms with van der Waals surface area (Å²) in [7, 11) is 0. The molecule has 3 rings (SSSR count). The summed E-state index contributed by atoms with van der Waals surface area (Å²) >= 11 is 0. The molecular formula is C30H45N3O2.